The quantitative estimate of drug-likeness (QED) is 0.480. The number of nitro benzene ring substituents is 1. The summed E-state index contributed by atoms with van der Waals surface area (Å²) in [7, 11) is 1.56. The van der Waals surface area contributed by atoms with Gasteiger partial charge in [-0.1, -0.05) is 36.7 Å². The van der Waals surface area contributed by atoms with Crippen molar-refractivity contribution in [3.8, 4) is 5.75 Å². The van der Waals surface area contributed by atoms with E-state index >= 15 is 0 Å². The fourth-order valence-corrected chi connectivity index (χ4v) is 1.88. The summed E-state index contributed by atoms with van der Waals surface area (Å²) < 4.78 is 5.12. The second-order valence-electron chi connectivity index (χ2n) is 5.29. The van der Waals surface area contributed by atoms with Crippen LogP contribution in [0.2, 0.25) is 0 Å². The summed E-state index contributed by atoms with van der Waals surface area (Å²) in [6.45, 7) is 6.29. The molecule has 0 aromatic heterocycles. The number of hydrogen-bond acceptors (Lipinski definition) is 3. The van der Waals surface area contributed by atoms with Crippen molar-refractivity contribution in [3.63, 3.8) is 0 Å². The minimum atomic E-state index is -0.350. The van der Waals surface area contributed by atoms with Gasteiger partial charge in [0.2, 0.25) is 0 Å². The molecular weight excluding hydrogens is 298 g/mol. The average molecular weight is 316 g/mol. The monoisotopic (exact) mass is 315 g/mol. The molecule has 1 aromatic rings. The lowest BCUT2D eigenvalue weighted by molar-refractivity contribution is -0.385. The number of nitrogens with zero attached hydrogens (tertiary/aromatic N) is 1. The predicted octanol–water partition coefficient (Wildman–Crippen LogP) is 3.96. The van der Waals surface area contributed by atoms with Gasteiger partial charge in [-0.05, 0) is 24.0 Å². The molecule has 1 unspecified atom stereocenters. The first-order valence-corrected chi connectivity index (χ1v) is 6.62. The second kappa shape index (κ2) is 5.69. The smallest absolute Gasteiger partial charge is 0.272 e. The van der Waals surface area contributed by atoms with Crippen molar-refractivity contribution < 1.29 is 9.66 Å². The number of rotatable bonds is 4. The van der Waals surface area contributed by atoms with Crippen LogP contribution in [0.15, 0.2) is 18.2 Å². The van der Waals surface area contributed by atoms with Gasteiger partial charge in [-0.25, -0.2) is 0 Å². The molecule has 0 saturated heterocycles. The Kier molecular flexibility index (Phi) is 4.73. The summed E-state index contributed by atoms with van der Waals surface area (Å²) in [5.41, 5.74) is 0.873. The Balaban J connectivity index is 3.08. The Morgan fingerprint density at radius 3 is 2.50 bits per heavy atom. The van der Waals surface area contributed by atoms with E-state index in [1.165, 1.54) is 6.07 Å². The van der Waals surface area contributed by atoms with Crippen molar-refractivity contribution in [2.75, 3.05) is 7.11 Å². The molecule has 0 aliphatic heterocycles. The highest BCUT2D eigenvalue weighted by Gasteiger charge is 2.25. The molecule has 0 saturated carbocycles. The highest BCUT2D eigenvalue weighted by molar-refractivity contribution is 9.09. The van der Waals surface area contributed by atoms with Gasteiger partial charge in [0.05, 0.1) is 12.0 Å². The number of benzene rings is 1. The molecule has 4 nitrogen and oxygen atoms in total. The van der Waals surface area contributed by atoms with Crippen LogP contribution in [0.4, 0.5) is 5.69 Å². The summed E-state index contributed by atoms with van der Waals surface area (Å²) in [5, 5.41) is 11.0. The van der Waals surface area contributed by atoms with Crippen LogP contribution < -0.4 is 4.74 Å². The third-order valence-electron chi connectivity index (χ3n) is 2.82. The van der Waals surface area contributed by atoms with Crippen LogP contribution in [0, 0.1) is 15.5 Å². The van der Waals surface area contributed by atoms with Crippen LogP contribution in [0.3, 0.4) is 0 Å². The first-order chi connectivity index (χ1) is 8.25. The predicted molar refractivity (Wildman–Crippen MR) is 75.5 cm³/mol. The lowest BCUT2D eigenvalue weighted by Gasteiger charge is -2.25. The van der Waals surface area contributed by atoms with E-state index in [2.05, 4.69) is 36.7 Å². The molecule has 0 amide bonds. The molecule has 1 rings (SSSR count). The highest BCUT2D eigenvalue weighted by Crippen LogP contribution is 2.33. The summed E-state index contributed by atoms with van der Waals surface area (Å²) in [6, 6.07) is 4.84. The second-order valence-corrected chi connectivity index (χ2v) is 6.39. The third kappa shape index (κ3) is 3.70. The van der Waals surface area contributed by atoms with Crippen LogP contribution in [-0.4, -0.2) is 16.9 Å². The number of alkyl halides is 1. The van der Waals surface area contributed by atoms with Gasteiger partial charge in [0.15, 0.2) is 0 Å². The molecule has 18 heavy (non-hydrogen) atoms. The van der Waals surface area contributed by atoms with Crippen LogP contribution in [-0.2, 0) is 6.42 Å². The number of hydrogen-bond donors (Lipinski definition) is 0. The molecule has 0 bridgehead atoms. The molecule has 1 aromatic carbocycles. The number of ether oxygens (including phenoxy) is 1. The fraction of sp³-hybridized carbons (Fsp3) is 0.538. The molecule has 1 atom stereocenters. The van der Waals surface area contributed by atoms with Gasteiger partial charge in [-0.2, -0.15) is 0 Å². The van der Waals surface area contributed by atoms with Gasteiger partial charge in [-0.15, -0.1) is 0 Å². The van der Waals surface area contributed by atoms with Gasteiger partial charge < -0.3 is 4.74 Å². The summed E-state index contributed by atoms with van der Waals surface area (Å²) in [6.07, 6.45) is 0.594. The number of halogens is 1. The highest BCUT2D eigenvalue weighted by atomic mass is 79.9. The Hall–Kier alpha value is -1.10. The molecule has 0 spiro atoms. The van der Waals surface area contributed by atoms with Gasteiger partial charge in [0.25, 0.3) is 5.69 Å². The maximum absolute atomic E-state index is 11.0. The maximum atomic E-state index is 11.0. The Bertz CT molecular complexity index is 440. The standard InChI is InChI=1S/C13H18BrNO3/c1-13(2,3)12(14)8-9-7-10(18-4)5-6-11(9)15(16)17/h5-7,12H,8H2,1-4H3. The molecular formula is C13H18BrNO3. The SMILES string of the molecule is COc1ccc([N+](=O)[O-])c(CC(Br)C(C)(C)C)c1. The zero-order chi connectivity index (χ0) is 13.9. The minimum Gasteiger partial charge on any atom is -0.497 e. The van der Waals surface area contributed by atoms with Crippen LogP contribution in [0.1, 0.15) is 26.3 Å². The normalized spacial score (nSPS) is 13.2. The lowest BCUT2D eigenvalue weighted by atomic mass is 9.88. The van der Waals surface area contributed by atoms with Crippen molar-refractivity contribution in [3.05, 3.63) is 33.9 Å². The molecule has 0 aliphatic carbocycles. The molecule has 100 valence electrons. The van der Waals surface area contributed by atoms with Crippen molar-refractivity contribution in [1.82, 2.24) is 0 Å². The fourth-order valence-electron chi connectivity index (χ4n) is 1.53. The molecule has 0 heterocycles. The Labute approximate surface area is 116 Å². The largest absolute Gasteiger partial charge is 0.497 e. The van der Waals surface area contributed by atoms with E-state index in [0.717, 1.165) is 0 Å². The van der Waals surface area contributed by atoms with Gasteiger partial charge in [-0.3, -0.25) is 10.1 Å². The Morgan fingerprint density at radius 1 is 1.44 bits per heavy atom. The van der Waals surface area contributed by atoms with Crippen molar-refractivity contribution in [1.29, 1.82) is 0 Å². The maximum Gasteiger partial charge on any atom is 0.272 e. The van der Waals surface area contributed by atoms with Crippen molar-refractivity contribution >= 4 is 21.6 Å². The molecule has 0 radical (unpaired) electrons. The molecule has 0 N–H and O–H groups in total. The first-order valence-electron chi connectivity index (χ1n) is 5.71. The van der Waals surface area contributed by atoms with E-state index in [1.807, 2.05) is 0 Å². The Morgan fingerprint density at radius 2 is 2.06 bits per heavy atom. The summed E-state index contributed by atoms with van der Waals surface area (Å²) in [5.74, 6) is 0.643. The third-order valence-corrected chi connectivity index (χ3v) is 4.52. The first kappa shape index (κ1) is 15.0. The van der Waals surface area contributed by atoms with Crippen molar-refractivity contribution in [2.45, 2.75) is 32.0 Å². The lowest BCUT2D eigenvalue weighted by Crippen LogP contribution is -2.22. The zero-order valence-corrected chi connectivity index (χ0v) is 12.7. The van der Waals surface area contributed by atoms with E-state index in [4.69, 9.17) is 4.74 Å². The number of methoxy groups -OCH3 is 1. The summed E-state index contributed by atoms with van der Waals surface area (Å²) in [4.78, 5) is 10.8. The summed E-state index contributed by atoms with van der Waals surface area (Å²) >= 11 is 3.60. The van der Waals surface area contributed by atoms with Gasteiger partial charge in [0, 0.05) is 16.5 Å². The average Bonchev–Trinajstić information content (AvgIpc) is 2.27. The zero-order valence-electron chi connectivity index (χ0n) is 11.1. The van der Waals surface area contributed by atoms with Crippen LogP contribution in [0.5, 0.6) is 5.75 Å². The van der Waals surface area contributed by atoms with Crippen LogP contribution in [0.25, 0.3) is 0 Å². The van der Waals surface area contributed by atoms with E-state index in [0.29, 0.717) is 17.7 Å². The van der Waals surface area contributed by atoms with E-state index in [9.17, 15) is 10.1 Å². The number of nitro groups is 1. The van der Waals surface area contributed by atoms with Crippen LogP contribution >= 0.6 is 15.9 Å². The minimum absolute atomic E-state index is 0.0386. The van der Waals surface area contributed by atoms with E-state index in [-0.39, 0.29) is 20.9 Å². The van der Waals surface area contributed by atoms with E-state index < -0.39 is 0 Å². The molecule has 0 fully saturated rings. The topological polar surface area (TPSA) is 52.4 Å². The van der Waals surface area contributed by atoms with Gasteiger partial charge in [0.1, 0.15) is 5.75 Å². The van der Waals surface area contributed by atoms with E-state index in [1.54, 1.807) is 19.2 Å². The molecule has 0 aliphatic rings. The van der Waals surface area contributed by atoms with Gasteiger partial charge >= 0.3 is 0 Å². The van der Waals surface area contributed by atoms with Crippen molar-refractivity contribution in [2.24, 2.45) is 5.41 Å². The molecule has 5 heteroatoms.